The van der Waals surface area contributed by atoms with E-state index in [-0.39, 0.29) is 36.8 Å². The molecule has 270 valence electrons. The fourth-order valence-electron chi connectivity index (χ4n) is 6.41. The summed E-state index contributed by atoms with van der Waals surface area (Å²) in [5.41, 5.74) is 2.91. The zero-order valence-corrected chi connectivity index (χ0v) is 30.5. The summed E-state index contributed by atoms with van der Waals surface area (Å²) in [6.07, 6.45) is 12.5. The third kappa shape index (κ3) is 8.96. The van der Waals surface area contributed by atoms with Crippen LogP contribution in [0.4, 0.5) is 11.4 Å². The molecule has 50 heavy (non-hydrogen) atoms. The highest BCUT2D eigenvalue weighted by Crippen LogP contribution is 2.48. The molecule has 2 aromatic carbocycles. The lowest BCUT2D eigenvalue weighted by Crippen LogP contribution is -2.28. The van der Waals surface area contributed by atoms with Crippen molar-refractivity contribution in [2.24, 2.45) is 0 Å². The van der Waals surface area contributed by atoms with Crippen LogP contribution in [0, 0.1) is 0 Å². The number of carboxylic acids is 1. The van der Waals surface area contributed by atoms with Gasteiger partial charge in [-0.1, -0.05) is 44.2 Å². The Hall–Kier alpha value is -3.69. The number of carbonyl (C=O) groups is 1. The number of anilines is 1. The molecule has 1 atom stereocenters. The Bertz CT molecular complexity index is 2110. The third-order valence-electron chi connectivity index (χ3n) is 8.85. The van der Waals surface area contributed by atoms with E-state index >= 15 is 0 Å². The van der Waals surface area contributed by atoms with Crippen molar-refractivity contribution in [2.45, 2.75) is 51.4 Å². The minimum atomic E-state index is -4.79. The van der Waals surface area contributed by atoms with E-state index < -0.39 is 56.1 Å². The van der Waals surface area contributed by atoms with E-state index in [0.717, 1.165) is 17.0 Å². The molecule has 2 aliphatic heterocycles. The normalized spacial score (nSPS) is 19.2. The van der Waals surface area contributed by atoms with E-state index in [1.807, 2.05) is 43.2 Å². The van der Waals surface area contributed by atoms with Crippen LogP contribution in [-0.4, -0.2) is 76.8 Å². The highest BCUT2D eigenvalue weighted by atomic mass is 32.2. The summed E-state index contributed by atoms with van der Waals surface area (Å²) >= 11 is 0. The van der Waals surface area contributed by atoms with Crippen molar-refractivity contribution in [3.63, 3.8) is 0 Å². The molecule has 4 rings (SSSR count). The van der Waals surface area contributed by atoms with Gasteiger partial charge in [0.2, 0.25) is 5.69 Å². The van der Waals surface area contributed by atoms with E-state index in [1.165, 1.54) is 18.2 Å². The maximum Gasteiger partial charge on any atom is 0.335 e. The van der Waals surface area contributed by atoms with Crippen LogP contribution in [-0.2, 0) is 35.6 Å². The van der Waals surface area contributed by atoms with Crippen LogP contribution >= 0.6 is 7.60 Å². The Morgan fingerprint density at radius 3 is 2.12 bits per heavy atom. The Morgan fingerprint density at radius 2 is 1.50 bits per heavy atom. The molecule has 0 saturated heterocycles. The van der Waals surface area contributed by atoms with Crippen LogP contribution < -0.4 is 15.1 Å². The van der Waals surface area contributed by atoms with Crippen molar-refractivity contribution in [2.75, 3.05) is 29.5 Å². The minimum absolute atomic E-state index is 0.0370. The number of hydrogen-bond acceptors (Lipinski definition) is 10. The van der Waals surface area contributed by atoms with Gasteiger partial charge in [0.15, 0.2) is 13.3 Å². The smallest absolute Gasteiger partial charge is 0.335 e. The average Bonchev–Trinajstić information content (AvgIpc) is 3.33. The van der Waals surface area contributed by atoms with Crippen LogP contribution in [0.1, 0.15) is 62.0 Å². The second kappa shape index (κ2) is 14.5. The monoisotopic (exact) mass is 746 g/mol. The number of rotatable bonds is 14. The van der Waals surface area contributed by atoms with Crippen molar-refractivity contribution < 1.29 is 54.8 Å². The molecule has 2 aliphatic rings. The Balaban J connectivity index is 1.61. The van der Waals surface area contributed by atoms with Gasteiger partial charge in [0.25, 0.3) is 0 Å². The van der Waals surface area contributed by atoms with Crippen LogP contribution in [0.15, 0.2) is 84.6 Å². The molecule has 2 aromatic rings. The van der Waals surface area contributed by atoms with Crippen LogP contribution in [0.5, 0.6) is 0 Å². The molecular weight excluding hydrogens is 707 g/mol. The van der Waals surface area contributed by atoms with Gasteiger partial charge < -0.3 is 33.5 Å². The van der Waals surface area contributed by atoms with Gasteiger partial charge in [-0.25, -0.2) is 21.6 Å². The number of nitrogens with zero attached hydrogens (tertiary/aromatic N) is 2. The molecule has 0 bridgehead atoms. The molecule has 2 N–H and O–H groups in total. The summed E-state index contributed by atoms with van der Waals surface area (Å²) in [6.45, 7) is 7.98. The quantitative estimate of drug-likeness (QED) is 0.123. The lowest BCUT2D eigenvalue weighted by atomic mass is 9.81. The molecule has 13 nitrogen and oxygen atoms in total. The van der Waals surface area contributed by atoms with Gasteiger partial charge >= 0.3 is 5.97 Å². The Kier molecular flexibility index (Phi) is 11.3. The molecule has 0 fully saturated rings. The highest BCUT2D eigenvalue weighted by Gasteiger charge is 2.44. The fourth-order valence-corrected chi connectivity index (χ4v) is 7.93. The lowest BCUT2D eigenvalue weighted by Gasteiger charge is -2.27. The molecule has 0 aliphatic carbocycles. The minimum Gasteiger partial charge on any atom is -0.775 e. The summed E-state index contributed by atoms with van der Waals surface area (Å²) < 4.78 is 81.3. The number of hydrogen-bond donors (Lipinski definition) is 2. The first-order chi connectivity index (χ1) is 23.0. The summed E-state index contributed by atoms with van der Waals surface area (Å²) in [7, 11) is -13.6. The summed E-state index contributed by atoms with van der Waals surface area (Å²) in [5.74, 6) is -2.19. The summed E-state index contributed by atoms with van der Waals surface area (Å²) in [4.78, 5) is 35.0. The van der Waals surface area contributed by atoms with Crippen molar-refractivity contribution in [3.8, 4) is 0 Å². The number of aromatic carboxylic acids is 1. The van der Waals surface area contributed by atoms with Crippen molar-refractivity contribution in [1.82, 2.24) is 0 Å². The summed E-state index contributed by atoms with van der Waals surface area (Å²) in [6, 6.07) is 8.95. The van der Waals surface area contributed by atoms with Gasteiger partial charge in [0, 0.05) is 64.3 Å². The Morgan fingerprint density at radius 1 is 0.880 bits per heavy atom. The first kappa shape index (κ1) is 39.1. The molecule has 0 spiro atoms. The van der Waals surface area contributed by atoms with Crippen molar-refractivity contribution >= 4 is 56.2 Å². The topological polar surface area (TPSA) is 218 Å². The molecule has 0 amide bonds. The van der Waals surface area contributed by atoms with E-state index in [1.54, 1.807) is 54.7 Å². The van der Waals surface area contributed by atoms with E-state index in [0.29, 0.717) is 16.9 Å². The Labute approximate surface area is 292 Å². The summed E-state index contributed by atoms with van der Waals surface area (Å²) in [5, 5.41) is 9.29. The number of fused-ring (bicyclic) bond motifs is 2. The first-order valence-corrected chi connectivity index (χ1v) is 20.4. The van der Waals surface area contributed by atoms with Crippen LogP contribution in [0.3, 0.4) is 0 Å². The van der Waals surface area contributed by atoms with Gasteiger partial charge in [0.1, 0.15) is 6.54 Å². The van der Waals surface area contributed by atoms with Gasteiger partial charge in [-0.15, -0.1) is 0 Å². The maximum atomic E-state index is 11.9. The lowest BCUT2D eigenvalue weighted by molar-refractivity contribution is -0.437. The third-order valence-corrected chi connectivity index (χ3v) is 11.4. The predicted molar refractivity (Wildman–Crippen MR) is 186 cm³/mol. The highest BCUT2D eigenvalue weighted by molar-refractivity contribution is 7.85. The van der Waals surface area contributed by atoms with Gasteiger partial charge in [-0.2, -0.15) is 4.58 Å². The second-order valence-electron chi connectivity index (χ2n) is 13.1. The van der Waals surface area contributed by atoms with Crippen LogP contribution in [0.25, 0.3) is 0 Å². The largest absolute Gasteiger partial charge is 0.775 e. The van der Waals surface area contributed by atoms with E-state index in [4.69, 9.17) is 0 Å². The van der Waals surface area contributed by atoms with Gasteiger partial charge in [0.05, 0.1) is 31.2 Å². The van der Waals surface area contributed by atoms with Crippen molar-refractivity contribution in [1.29, 1.82) is 0 Å². The SMILES string of the molecule is CC1(C)C(/C=C/C=C/C=C/C=C2/N(CCCS(=O)(=O)[O-])c3ccc(P(=O)([O-])O)cc3C2(C)C)=[N+](CCCS(=O)(=O)[O-])c2ccc(C(=O)O)cc21. The molecule has 2 heterocycles. The number of carboxylic acid groups (broad SMARTS) is 1. The number of allylic oxidation sites excluding steroid dienone is 8. The molecule has 1 unspecified atom stereocenters. The maximum absolute atomic E-state index is 11.9. The molecule has 16 heteroatoms. The first-order valence-electron chi connectivity index (χ1n) is 15.6. The second-order valence-corrected chi connectivity index (χ2v) is 17.7. The standard InChI is InChI=1S/C34H41N2O11PS2/c1-33(2)26-22-24(32(37)38)14-16-28(26)35(18-10-20-49(42,43)44)30(33)12-8-6-5-7-9-13-31-34(3,4)27-23-25(48(39,40)41)15-17-29(27)36(31)19-11-21-50(45,46)47/h5-9,12-17,22-23H,10-11,18-21H2,1-4H3,(H4-,37,38,39,40,41,42,43,44,45,46,47)/p-2. The molecule has 0 saturated carbocycles. The van der Waals surface area contributed by atoms with Crippen LogP contribution in [0.2, 0.25) is 0 Å². The van der Waals surface area contributed by atoms with Crippen molar-refractivity contribution in [3.05, 3.63) is 101 Å². The zero-order valence-electron chi connectivity index (χ0n) is 28.0. The van der Waals surface area contributed by atoms with Gasteiger partial charge in [-0.05, 0) is 62.2 Å². The van der Waals surface area contributed by atoms with E-state index in [2.05, 4.69) is 0 Å². The molecular formula is C34H39N2O11PS2-2. The van der Waals surface area contributed by atoms with Gasteiger partial charge in [-0.3, -0.25) is 0 Å². The average molecular weight is 747 g/mol. The number of benzene rings is 2. The predicted octanol–water partition coefficient (Wildman–Crippen LogP) is 3.15. The zero-order chi connectivity index (χ0) is 37.3. The fraction of sp³-hybridized carbons (Fsp3) is 0.353. The van der Waals surface area contributed by atoms with E-state index in [9.17, 15) is 50.2 Å². The molecule has 0 radical (unpaired) electrons. The molecule has 0 aromatic heterocycles.